The molecule has 0 aromatic heterocycles. The Morgan fingerprint density at radius 3 is 2.88 bits per heavy atom. The third-order valence-electron chi connectivity index (χ3n) is 2.98. The summed E-state index contributed by atoms with van der Waals surface area (Å²) in [6, 6.07) is 6.04. The number of nitrogens with one attached hydrogen (secondary N) is 1. The summed E-state index contributed by atoms with van der Waals surface area (Å²) >= 11 is 3.41. The lowest BCUT2D eigenvalue weighted by atomic mass is 10.2. The van der Waals surface area contributed by atoms with Crippen molar-refractivity contribution in [3.8, 4) is 5.75 Å². The molecule has 16 heavy (non-hydrogen) atoms. The lowest BCUT2D eigenvalue weighted by molar-refractivity contribution is 0.172. The van der Waals surface area contributed by atoms with E-state index < -0.39 is 0 Å². The molecule has 0 heterocycles. The first-order valence-electron chi connectivity index (χ1n) is 5.49. The minimum Gasteiger partial charge on any atom is -0.495 e. The number of ether oxygens (including phenoxy) is 1. The van der Waals surface area contributed by atoms with Gasteiger partial charge in [-0.3, -0.25) is 0 Å². The normalized spacial score (nSPS) is 24.4. The van der Waals surface area contributed by atoms with Crippen molar-refractivity contribution >= 4 is 21.6 Å². The average molecular weight is 286 g/mol. The van der Waals surface area contributed by atoms with Crippen molar-refractivity contribution in [1.82, 2.24) is 0 Å². The van der Waals surface area contributed by atoms with Crippen LogP contribution in [0.1, 0.15) is 19.3 Å². The standard InChI is InChI=1S/C12H16BrNO2/c1-16-12-7-8(5-6-9(12)13)14-10-3-2-4-11(10)15/h5-7,10-11,14-15H,2-4H2,1H3/t10-,11-/m0/s1. The lowest BCUT2D eigenvalue weighted by Crippen LogP contribution is -2.27. The molecule has 2 rings (SSSR count). The molecule has 1 aliphatic rings. The van der Waals surface area contributed by atoms with Crippen LogP contribution in [-0.2, 0) is 0 Å². The second kappa shape index (κ2) is 5.06. The van der Waals surface area contributed by atoms with Crippen molar-refractivity contribution in [2.75, 3.05) is 12.4 Å². The molecule has 4 heteroatoms. The van der Waals surface area contributed by atoms with Gasteiger partial charge in [-0.2, -0.15) is 0 Å². The molecule has 3 nitrogen and oxygen atoms in total. The number of methoxy groups -OCH3 is 1. The van der Waals surface area contributed by atoms with Crippen molar-refractivity contribution in [1.29, 1.82) is 0 Å². The Balaban J connectivity index is 2.09. The van der Waals surface area contributed by atoms with Gasteiger partial charge in [0.2, 0.25) is 0 Å². The molecule has 0 radical (unpaired) electrons. The Labute approximate surface area is 104 Å². The fourth-order valence-electron chi connectivity index (χ4n) is 2.07. The minimum atomic E-state index is -0.227. The van der Waals surface area contributed by atoms with Gasteiger partial charge in [-0.1, -0.05) is 0 Å². The van der Waals surface area contributed by atoms with Crippen LogP contribution in [0.15, 0.2) is 22.7 Å². The van der Waals surface area contributed by atoms with Crippen LogP contribution in [0.25, 0.3) is 0 Å². The Hall–Kier alpha value is -0.740. The number of aliphatic hydroxyl groups is 1. The molecule has 1 fully saturated rings. The summed E-state index contributed by atoms with van der Waals surface area (Å²) in [5.74, 6) is 0.803. The van der Waals surface area contributed by atoms with E-state index in [0.29, 0.717) is 0 Å². The van der Waals surface area contributed by atoms with E-state index in [1.54, 1.807) is 7.11 Å². The molecule has 0 saturated heterocycles. The van der Waals surface area contributed by atoms with E-state index in [1.807, 2.05) is 18.2 Å². The van der Waals surface area contributed by atoms with E-state index in [9.17, 15) is 5.11 Å². The summed E-state index contributed by atoms with van der Waals surface area (Å²) < 4.78 is 6.17. The highest BCUT2D eigenvalue weighted by Gasteiger charge is 2.24. The second-order valence-electron chi connectivity index (χ2n) is 4.10. The molecule has 1 aliphatic carbocycles. The number of aliphatic hydroxyl groups excluding tert-OH is 1. The first kappa shape index (κ1) is 11.7. The zero-order valence-corrected chi connectivity index (χ0v) is 10.8. The zero-order chi connectivity index (χ0) is 11.5. The maximum absolute atomic E-state index is 9.73. The molecule has 0 aliphatic heterocycles. The first-order valence-corrected chi connectivity index (χ1v) is 6.28. The summed E-state index contributed by atoms with van der Waals surface area (Å²) in [4.78, 5) is 0. The molecule has 0 bridgehead atoms. The second-order valence-corrected chi connectivity index (χ2v) is 4.95. The monoisotopic (exact) mass is 285 g/mol. The van der Waals surface area contributed by atoms with E-state index in [-0.39, 0.29) is 12.1 Å². The molecule has 0 spiro atoms. The van der Waals surface area contributed by atoms with Crippen LogP contribution in [0.3, 0.4) is 0 Å². The third kappa shape index (κ3) is 2.50. The van der Waals surface area contributed by atoms with Gasteiger partial charge in [-0.05, 0) is 47.3 Å². The van der Waals surface area contributed by atoms with Crippen LogP contribution < -0.4 is 10.1 Å². The molecule has 1 aromatic rings. The van der Waals surface area contributed by atoms with Crippen LogP contribution in [-0.4, -0.2) is 24.4 Å². The van der Waals surface area contributed by atoms with Gasteiger partial charge in [0.1, 0.15) is 5.75 Å². The summed E-state index contributed by atoms with van der Waals surface area (Å²) in [7, 11) is 1.65. The van der Waals surface area contributed by atoms with Gasteiger partial charge in [0.05, 0.1) is 23.7 Å². The van der Waals surface area contributed by atoms with E-state index in [4.69, 9.17) is 4.74 Å². The lowest BCUT2D eigenvalue weighted by Gasteiger charge is -2.18. The minimum absolute atomic E-state index is 0.172. The molecule has 88 valence electrons. The molecule has 0 unspecified atom stereocenters. The van der Waals surface area contributed by atoms with E-state index in [1.165, 1.54) is 0 Å². The van der Waals surface area contributed by atoms with Crippen LogP contribution in [0.4, 0.5) is 5.69 Å². The molecular weight excluding hydrogens is 270 g/mol. The van der Waals surface area contributed by atoms with Gasteiger partial charge < -0.3 is 15.2 Å². The van der Waals surface area contributed by atoms with Gasteiger partial charge in [-0.25, -0.2) is 0 Å². The van der Waals surface area contributed by atoms with Crippen LogP contribution >= 0.6 is 15.9 Å². The average Bonchev–Trinajstić information content (AvgIpc) is 2.67. The Morgan fingerprint density at radius 1 is 1.44 bits per heavy atom. The van der Waals surface area contributed by atoms with E-state index >= 15 is 0 Å². The predicted octanol–water partition coefficient (Wildman–Crippen LogP) is 2.78. The largest absolute Gasteiger partial charge is 0.495 e. The maximum Gasteiger partial charge on any atom is 0.135 e. The molecular formula is C12H16BrNO2. The number of anilines is 1. The SMILES string of the molecule is COc1cc(N[C@H]2CCC[C@@H]2O)ccc1Br. The quantitative estimate of drug-likeness (QED) is 0.897. The summed E-state index contributed by atoms with van der Waals surface area (Å²) in [6.45, 7) is 0. The van der Waals surface area contributed by atoms with Crippen LogP contribution in [0.2, 0.25) is 0 Å². The Kier molecular flexibility index (Phi) is 3.71. The van der Waals surface area contributed by atoms with Crippen molar-refractivity contribution in [3.05, 3.63) is 22.7 Å². The number of rotatable bonds is 3. The Bertz CT molecular complexity index is 370. The summed E-state index contributed by atoms with van der Waals surface area (Å²) in [5.41, 5.74) is 0.992. The zero-order valence-electron chi connectivity index (χ0n) is 9.24. The number of hydrogen-bond donors (Lipinski definition) is 2. The molecule has 2 atom stereocenters. The first-order chi connectivity index (χ1) is 7.70. The van der Waals surface area contributed by atoms with Crippen molar-refractivity contribution in [2.45, 2.75) is 31.4 Å². The fourth-order valence-corrected chi connectivity index (χ4v) is 2.48. The fraction of sp³-hybridized carbons (Fsp3) is 0.500. The molecule has 1 aromatic carbocycles. The van der Waals surface area contributed by atoms with Gasteiger partial charge in [0.25, 0.3) is 0 Å². The highest BCUT2D eigenvalue weighted by atomic mass is 79.9. The molecule has 0 amide bonds. The number of halogens is 1. The highest BCUT2D eigenvalue weighted by Crippen LogP contribution is 2.30. The van der Waals surface area contributed by atoms with Crippen molar-refractivity contribution in [2.24, 2.45) is 0 Å². The highest BCUT2D eigenvalue weighted by molar-refractivity contribution is 9.10. The van der Waals surface area contributed by atoms with Crippen molar-refractivity contribution in [3.63, 3.8) is 0 Å². The van der Waals surface area contributed by atoms with Crippen LogP contribution in [0, 0.1) is 0 Å². The van der Waals surface area contributed by atoms with Crippen LogP contribution in [0.5, 0.6) is 5.75 Å². The number of hydrogen-bond acceptors (Lipinski definition) is 3. The molecule has 1 saturated carbocycles. The summed E-state index contributed by atoms with van der Waals surface area (Å²) in [5, 5.41) is 13.1. The van der Waals surface area contributed by atoms with Crippen molar-refractivity contribution < 1.29 is 9.84 Å². The van der Waals surface area contributed by atoms with Gasteiger partial charge >= 0.3 is 0 Å². The molecule has 2 N–H and O–H groups in total. The van der Waals surface area contributed by atoms with E-state index in [0.717, 1.165) is 35.2 Å². The number of benzene rings is 1. The van der Waals surface area contributed by atoms with Gasteiger partial charge in [0, 0.05) is 11.8 Å². The smallest absolute Gasteiger partial charge is 0.135 e. The topological polar surface area (TPSA) is 41.5 Å². The summed E-state index contributed by atoms with van der Waals surface area (Å²) in [6.07, 6.45) is 2.78. The van der Waals surface area contributed by atoms with E-state index in [2.05, 4.69) is 21.2 Å². The van der Waals surface area contributed by atoms with Gasteiger partial charge in [0.15, 0.2) is 0 Å². The van der Waals surface area contributed by atoms with Gasteiger partial charge in [-0.15, -0.1) is 0 Å². The Morgan fingerprint density at radius 2 is 2.25 bits per heavy atom. The predicted molar refractivity (Wildman–Crippen MR) is 68.0 cm³/mol. The third-order valence-corrected chi connectivity index (χ3v) is 3.64. The maximum atomic E-state index is 9.73.